The Kier molecular flexibility index (Phi) is 4.44. The molecule has 0 saturated heterocycles. The number of ether oxygens (including phenoxy) is 1. The third kappa shape index (κ3) is 3.37. The molecule has 100 valence electrons. The Morgan fingerprint density at radius 1 is 1.44 bits per heavy atom. The Morgan fingerprint density at radius 2 is 2.28 bits per heavy atom. The average molecular weight is 250 g/mol. The van der Waals surface area contributed by atoms with Crippen LogP contribution in [0.25, 0.3) is 0 Å². The van der Waals surface area contributed by atoms with Crippen LogP contribution in [-0.2, 0) is 6.42 Å². The Hall–Kier alpha value is -1.26. The van der Waals surface area contributed by atoms with Crippen LogP contribution in [0, 0.1) is 0 Å². The molecule has 0 spiro atoms. The third-order valence-electron chi connectivity index (χ3n) is 3.02. The lowest BCUT2D eigenvalue weighted by molar-refractivity contribution is 0.104. The van der Waals surface area contributed by atoms with Crippen LogP contribution in [-0.4, -0.2) is 36.9 Å². The van der Waals surface area contributed by atoms with Crippen LogP contribution in [0.5, 0.6) is 5.75 Å². The molecule has 0 saturated carbocycles. The Bertz CT molecular complexity index is 393. The van der Waals surface area contributed by atoms with Gasteiger partial charge in [-0.2, -0.15) is 0 Å². The van der Waals surface area contributed by atoms with E-state index in [1.54, 1.807) is 0 Å². The minimum absolute atomic E-state index is 0.330. The summed E-state index contributed by atoms with van der Waals surface area (Å²) < 4.78 is 5.71. The van der Waals surface area contributed by atoms with E-state index < -0.39 is 6.10 Å². The molecule has 18 heavy (non-hydrogen) atoms. The predicted molar refractivity (Wildman–Crippen MR) is 73.3 cm³/mol. The first-order chi connectivity index (χ1) is 8.66. The molecule has 1 aromatic rings. The monoisotopic (exact) mass is 250 g/mol. The summed E-state index contributed by atoms with van der Waals surface area (Å²) in [5.74, 6) is 0.890. The molecule has 1 aromatic carbocycles. The van der Waals surface area contributed by atoms with E-state index in [1.807, 2.05) is 12.1 Å². The molecular weight excluding hydrogens is 228 g/mol. The number of hydrogen-bond acceptors (Lipinski definition) is 4. The second-order valence-electron chi connectivity index (χ2n) is 4.99. The fourth-order valence-corrected chi connectivity index (χ4v) is 2.06. The molecule has 4 heteroatoms. The lowest BCUT2D eigenvalue weighted by Gasteiger charge is -2.16. The van der Waals surface area contributed by atoms with Crippen molar-refractivity contribution in [3.63, 3.8) is 0 Å². The van der Waals surface area contributed by atoms with E-state index in [0.29, 0.717) is 19.2 Å². The Morgan fingerprint density at radius 3 is 3.06 bits per heavy atom. The van der Waals surface area contributed by atoms with E-state index in [-0.39, 0.29) is 0 Å². The summed E-state index contributed by atoms with van der Waals surface area (Å²) in [6, 6.07) is 6.39. The van der Waals surface area contributed by atoms with Crippen molar-refractivity contribution in [1.29, 1.82) is 0 Å². The molecule has 3 N–H and O–H groups in total. The van der Waals surface area contributed by atoms with E-state index >= 15 is 0 Å². The molecule has 0 fully saturated rings. The number of aliphatic hydroxyl groups is 1. The lowest BCUT2D eigenvalue weighted by atomic mass is 10.1. The minimum atomic E-state index is -0.474. The molecule has 1 heterocycles. The number of nitrogens with one attached hydrogen (secondary N) is 2. The molecule has 0 aliphatic carbocycles. The van der Waals surface area contributed by atoms with Crippen LogP contribution < -0.4 is 15.4 Å². The summed E-state index contributed by atoms with van der Waals surface area (Å²) in [5, 5.41) is 16.3. The molecule has 1 aliphatic heterocycles. The van der Waals surface area contributed by atoms with E-state index in [2.05, 4.69) is 30.5 Å². The fraction of sp³-hybridized carbons (Fsp3) is 0.571. The summed E-state index contributed by atoms with van der Waals surface area (Å²) in [4.78, 5) is 0. The second-order valence-corrected chi connectivity index (χ2v) is 4.99. The Labute approximate surface area is 108 Å². The van der Waals surface area contributed by atoms with Gasteiger partial charge in [-0.3, -0.25) is 0 Å². The van der Waals surface area contributed by atoms with E-state index in [4.69, 9.17) is 4.74 Å². The van der Waals surface area contributed by atoms with Crippen LogP contribution in [0.3, 0.4) is 0 Å². The van der Waals surface area contributed by atoms with Crippen LogP contribution >= 0.6 is 0 Å². The summed E-state index contributed by atoms with van der Waals surface area (Å²) in [7, 11) is 0. The number of hydrogen-bond donors (Lipinski definition) is 3. The standard InChI is InChI=1S/C14H22N2O2/c1-10(2)16-8-11(17)9-18-14-5-3-4-13-12(14)6-7-15-13/h3-5,10-11,15-17H,6-9H2,1-2H3. The van der Waals surface area contributed by atoms with Gasteiger partial charge in [-0.1, -0.05) is 19.9 Å². The highest BCUT2D eigenvalue weighted by molar-refractivity contribution is 5.61. The van der Waals surface area contributed by atoms with Gasteiger partial charge in [0, 0.05) is 30.4 Å². The molecule has 0 amide bonds. The lowest BCUT2D eigenvalue weighted by Crippen LogP contribution is -2.35. The number of anilines is 1. The van der Waals surface area contributed by atoms with Gasteiger partial charge in [0.25, 0.3) is 0 Å². The summed E-state index contributed by atoms with van der Waals surface area (Å²) in [6.45, 7) is 5.97. The normalized spacial score (nSPS) is 15.3. The maximum atomic E-state index is 9.80. The predicted octanol–water partition coefficient (Wildman–Crippen LogP) is 1.39. The van der Waals surface area contributed by atoms with Gasteiger partial charge in [-0.05, 0) is 18.6 Å². The van der Waals surface area contributed by atoms with Gasteiger partial charge in [-0.25, -0.2) is 0 Å². The van der Waals surface area contributed by atoms with Crippen LogP contribution in [0.2, 0.25) is 0 Å². The number of benzene rings is 1. The van der Waals surface area contributed by atoms with Gasteiger partial charge >= 0.3 is 0 Å². The molecule has 1 atom stereocenters. The molecule has 4 nitrogen and oxygen atoms in total. The first kappa shape index (κ1) is 13.2. The quantitative estimate of drug-likeness (QED) is 0.714. The summed E-state index contributed by atoms with van der Waals surface area (Å²) in [6.07, 6.45) is 0.517. The van der Waals surface area contributed by atoms with Crippen molar-refractivity contribution in [3.05, 3.63) is 23.8 Å². The van der Waals surface area contributed by atoms with Gasteiger partial charge in [0.2, 0.25) is 0 Å². The average Bonchev–Trinajstić information content (AvgIpc) is 2.82. The molecule has 1 aliphatic rings. The van der Waals surface area contributed by atoms with Gasteiger partial charge in [-0.15, -0.1) is 0 Å². The number of fused-ring (bicyclic) bond motifs is 1. The molecule has 0 radical (unpaired) electrons. The summed E-state index contributed by atoms with van der Waals surface area (Å²) in [5.41, 5.74) is 2.38. The number of aliphatic hydroxyl groups excluding tert-OH is 1. The van der Waals surface area contributed by atoms with Crippen molar-refractivity contribution in [2.75, 3.05) is 25.0 Å². The van der Waals surface area contributed by atoms with Crippen molar-refractivity contribution >= 4 is 5.69 Å². The van der Waals surface area contributed by atoms with Crippen molar-refractivity contribution in [2.24, 2.45) is 0 Å². The number of rotatable bonds is 6. The molecule has 2 rings (SSSR count). The first-order valence-corrected chi connectivity index (χ1v) is 6.57. The SMILES string of the molecule is CC(C)NCC(O)COc1cccc2c1CCN2. The largest absolute Gasteiger partial charge is 0.490 e. The van der Waals surface area contributed by atoms with E-state index in [9.17, 15) is 5.11 Å². The van der Waals surface area contributed by atoms with Crippen molar-refractivity contribution in [2.45, 2.75) is 32.4 Å². The highest BCUT2D eigenvalue weighted by Crippen LogP contribution is 2.30. The highest BCUT2D eigenvalue weighted by atomic mass is 16.5. The maximum absolute atomic E-state index is 9.80. The van der Waals surface area contributed by atoms with Crippen molar-refractivity contribution in [3.8, 4) is 5.75 Å². The maximum Gasteiger partial charge on any atom is 0.124 e. The van der Waals surface area contributed by atoms with Gasteiger partial charge < -0.3 is 20.5 Å². The highest BCUT2D eigenvalue weighted by Gasteiger charge is 2.15. The van der Waals surface area contributed by atoms with Crippen molar-refractivity contribution in [1.82, 2.24) is 5.32 Å². The van der Waals surface area contributed by atoms with Crippen LogP contribution in [0.4, 0.5) is 5.69 Å². The molecular formula is C14H22N2O2. The molecule has 1 unspecified atom stereocenters. The zero-order chi connectivity index (χ0) is 13.0. The first-order valence-electron chi connectivity index (χ1n) is 6.57. The van der Waals surface area contributed by atoms with Crippen LogP contribution in [0.1, 0.15) is 19.4 Å². The second kappa shape index (κ2) is 6.07. The van der Waals surface area contributed by atoms with E-state index in [0.717, 1.165) is 24.4 Å². The Balaban J connectivity index is 1.85. The van der Waals surface area contributed by atoms with Crippen LogP contribution in [0.15, 0.2) is 18.2 Å². The van der Waals surface area contributed by atoms with Gasteiger partial charge in [0.15, 0.2) is 0 Å². The van der Waals surface area contributed by atoms with Gasteiger partial charge in [0.1, 0.15) is 18.5 Å². The fourth-order valence-electron chi connectivity index (χ4n) is 2.06. The van der Waals surface area contributed by atoms with Gasteiger partial charge in [0.05, 0.1) is 0 Å². The topological polar surface area (TPSA) is 53.5 Å². The minimum Gasteiger partial charge on any atom is -0.490 e. The van der Waals surface area contributed by atoms with E-state index in [1.165, 1.54) is 5.56 Å². The zero-order valence-electron chi connectivity index (χ0n) is 11.1. The zero-order valence-corrected chi connectivity index (χ0v) is 11.1. The smallest absolute Gasteiger partial charge is 0.124 e. The van der Waals surface area contributed by atoms with Crippen molar-refractivity contribution < 1.29 is 9.84 Å². The third-order valence-corrected chi connectivity index (χ3v) is 3.02. The molecule has 0 bridgehead atoms. The summed E-state index contributed by atoms with van der Waals surface area (Å²) >= 11 is 0. The molecule has 0 aromatic heterocycles.